The molecular formula is C30H42O10. The highest BCUT2D eigenvalue weighted by Gasteiger charge is 2.70. The van der Waals surface area contributed by atoms with Crippen molar-refractivity contribution in [2.75, 3.05) is 6.61 Å². The van der Waals surface area contributed by atoms with E-state index in [9.17, 15) is 24.9 Å². The molecule has 0 spiro atoms. The van der Waals surface area contributed by atoms with Crippen LogP contribution in [-0.2, 0) is 33.3 Å². The molecular weight excluding hydrogens is 520 g/mol. The minimum atomic E-state index is -1.97. The molecule has 0 aromatic rings. The lowest BCUT2D eigenvalue weighted by Crippen LogP contribution is -2.72. The number of hydrogen-bond donors (Lipinski definition) is 3. The average Bonchev–Trinajstić information content (AvgIpc) is 3.42. The van der Waals surface area contributed by atoms with Crippen molar-refractivity contribution in [3.05, 3.63) is 11.6 Å². The Kier molecular flexibility index (Phi) is 6.12. The van der Waals surface area contributed by atoms with Gasteiger partial charge in [-0.25, -0.2) is 4.79 Å². The third-order valence-electron chi connectivity index (χ3n) is 12.1. The van der Waals surface area contributed by atoms with Gasteiger partial charge in [0.25, 0.3) is 5.79 Å². The van der Waals surface area contributed by atoms with Gasteiger partial charge in [0.05, 0.1) is 29.5 Å². The van der Waals surface area contributed by atoms with Crippen molar-refractivity contribution in [1.29, 1.82) is 0 Å². The maximum atomic E-state index is 12.5. The molecule has 0 aromatic carbocycles. The quantitative estimate of drug-likeness (QED) is 0.339. The van der Waals surface area contributed by atoms with Gasteiger partial charge in [-0.3, -0.25) is 4.79 Å². The Labute approximate surface area is 234 Å². The fourth-order valence-corrected chi connectivity index (χ4v) is 10.2. The first-order valence-corrected chi connectivity index (χ1v) is 15.1. The van der Waals surface area contributed by atoms with Crippen LogP contribution in [-0.4, -0.2) is 81.6 Å². The highest BCUT2D eigenvalue weighted by Crippen LogP contribution is 2.68. The van der Waals surface area contributed by atoms with Crippen LogP contribution >= 0.6 is 0 Å². The lowest BCUT2D eigenvalue weighted by Gasteiger charge is -2.64. The van der Waals surface area contributed by atoms with Crippen molar-refractivity contribution in [3.63, 3.8) is 0 Å². The van der Waals surface area contributed by atoms with Gasteiger partial charge in [0.1, 0.15) is 6.61 Å². The predicted molar refractivity (Wildman–Crippen MR) is 137 cm³/mol. The molecule has 40 heavy (non-hydrogen) atoms. The number of ether oxygens (including phenoxy) is 5. The molecule has 6 fully saturated rings. The molecule has 0 amide bonds. The molecule has 0 aromatic heterocycles. The molecule has 3 heterocycles. The summed E-state index contributed by atoms with van der Waals surface area (Å²) in [6, 6.07) is 0. The third-order valence-corrected chi connectivity index (χ3v) is 12.1. The van der Waals surface area contributed by atoms with Crippen LogP contribution in [0, 0.1) is 29.1 Å². The lowest BCUT2D eigenvalue weighted by atomic mass is 9.46. The Morgan fingerprint density at radius 3 is 2.55 bits per heavy atom. The highest BCUT2D eigenvalue weighted by molar-refractivity contribution is 5.85. The maximum absolute atomic E-state index is 12.5. The molecule has 4 saturated carbocycles. The number of fused-ring (bicyclic) bond motifs is 7. The van der Waals surface area contributed by atoms with Gasteiger partial charge in [0.15, 0.2) is 6.10 Å². The SMILES string of the molecule is CC(=O)O[C@H]1C[C@@H](C)O[C@H]2O[C@@H]3C[C@@H]4CC[C@@H]5[C@H](CC[C@]6(C)[C@@H](C7=CC(=O)OC7)CC[C@]56O)[C@@]4(O)C[C@H]3O[C@]21O. The Bertz CT molecular complexity index is 1120. The molecule has 13 atom stereocenters. The van der Waals surface area contributed by atoms with Gasteiger partial charge < -0.3 is 39.0 Å². The molecule has 10 nitrogen and oxygen atoms in total. The Morgan fingerprint density at radius 1 is 1.02 bits per heavy atom. The number of aliphatic hydroxyl groups is 3. The summed E-state index contributed by atoms with van der Waals surface area (Å²) in [4.78, 5) is 23.7. The first-order chi connectivity index (χ1) is 18.9. The summed E-state index contributed by atoms with van der Waals surface area (Å²) in [5.74, 6) is -2.94. The van der Waals surface area contributed by atoms with E-state index in [1.807, 2.05) is 6.92 Å². The van der Waals surface area contributed by atoms with E-state index in [4.69, 9.17) is 23.7 Å². The summed E-state index contributed by atoms with van der Waals surface area (Å²) in [7, 11) is 0. The monoisotopic (exact) mass is 562 g/mol. The minimum Gasteiger partial charge on any atom is -0.458 e. The average molecular weight is 563 g/mol. The standard InChI is InChI=1S/C30H42O10/c1-15-10-24(38-16(2)31)30(35)26(37-15)39-22-12-18-4-5-21-20(28(18,33)13-23(22)40-30)6-8-27(3)19(7-9-29(21,27)34)17-11-25(32)36-14-17/h11,15,18-24,26,33-35H,4-10,12-14H2,1-3H3/t15-,18+,19-,20+,21-,22-,23-,24+,26+,27-,28-,29+,30+/m1/s1. The van der Waals surface area contributed by atoms with Crippen LogP contribution in [0.5, 0.6) is 0 Å². The van der Waals surface area contributed by atoms with E-state index < -0.39 is 46.9 Å². The maximum Gasteiger partial charge on any atom is 0.331 e. The zero-order valence-electron chi connectivity index (χ0n) is 23.5. The van der Waals surface area contributed by atoms with Crippen LogP contribution in [0.25, 0.3) is 0 Å². The molecule has 7 rings (SSSR count). The van der Waals surface area contributed by atoms with E-state index in [2.05, 4.69) is 6.92 Å². The molecule has 0 bridgehead atoms. The third kappa shape index (κ3) is 3.69. The van der Waals surface area contributed by atoms with Gasteiger partial charge >= 0.3 is 11.9 Å². The zero-order valence-corrected chi connectivity index (χ0v) is 23.5. The topological polar surface area (TPSA) is 141 Å². The summed E-state index contributed by atoms with van der Waals surface area (Å²) < 4.78 is 29.2. The van der Waals surface area contributed by atoms with Gasteiger partial charge in [-0.2, -0.15) is 0 Å². The summed E-state index contributed by atoms with van der Waals surface area (Å²) >= 11 is 0. The van der Waals surface area contributed by atoms with Gasteiger partial charge in [-0.15, -0.1) is 0 Å². The van der Waals surface area contributed by atoms with Gasteiger partial charge in [-0.05, 0) is 81.1 Å². The van der Waals surface area contributed by atoms with Crippen molar-refractivity contribution in [2.45, 2.75) is 126 Å². The highest BCUT2D eigenvalue weighted by atomic mass is 16.8. The molecule has 4 aliphatic carbocycles. The summed E-state index contributed by atoms with van der Waals surface area (Å²) in [6.45, 7) is 5.60. The van der Waals surface area contributed by atoms with Crippen LogP contribution in [0.4, 0.5) is 0 Å². The second-order valence-corrected chi connectivity index (χ2v) is 13.9. The molecule has 3 aliphatic heterocycles. The first-order valence-electron chi connectivity index (χ1n) is 15.1. The number of esters is 2. The predicted octanol–water partition coefficient (Wildman–Crippen LogP) is 2.12. The van der Waals surface area contributed by atoms with Crippen LogP contribution in [0.15, 0.2) is 11.6 Å². The fourth-order valence-electron chi connectivity index (χ4n) is 10.2. The van der Waals surface area contributed by atoms with Crippen LogP contribution in [0.2, 0.25) is 0 Å². The molecule has 0 unspecified atom stereocenters. The van der Waals surface area contributed by atoms with Gasteiger partial charge in [0.2, 0.25) is 6.29 Å². The van der Waals surface area contributed by atoms with E-state index in [0.29, 0.717) is 19.4 Å². The second-order valence-electron chi connectivity index (χ2n) is 13.9. The summed E-state index contributed by atoms with van der Waals surface area (Å²) in [6.07, 6.45) is 3.93. The number of rotatable bonds is 2. The van der Waals surface area contributed by atoms with E-state index in [1.165, 1.54) is 6.92 Å². The largest absolute Gasteiger partial charge is 0.458 e. The summed E-state index contributed by atoms with van der Waals surface area (Å²) in [5.41, 5.74) is -1.45. The van der Waals surface area contributed by atoms with Crippen molar-refractivity contribution in [1.82, 2.24) is 0 Å². The van der Waals surface area contributed by atoms with Crippen molar-refractivity contribution < 1.29 is 48.6 Å². The smallest absolute Gasteiger partial charge is 0.331 e. The number of carbonyl (C=O) groups excluding carboxylic acids is 2. The Morgan fingerprint density at radius 2 is 1.82 bits per heavy atom. The number of carbonyl (C=O) groups is 2. The molecule has 2 saturated heterocycles. The van der Waals surface area contributed by atoms with E-state index in [-0.39, 0.29) is 54.7 Å². The van der Waals surface area contributed by atoms with Crippen molar-refractivity contribution in [3.8, 4) is 0 Å². The van der Waals surface area contributed by atoms with Crippen LogP contribution in [0.3, 0.4) is 0 Å². The number of cyclic esters (lactones) is 1. The van der Waals surface area contributed by atoms with Gasteiger partial charge in [0, 0.05) is 31.3 Å². The van der Waals surface area contributed by atoms with Crippen LogP contribution < -0.4 is 0 Å². The zero-order chi connectivity index (χ0) is 28.2. The molecule has 7 aliphatic rings. The molecule has 10 heteroatoms. The van der Waals surface area contributed by atoms with Crippen molar-refractivity contribution in [2.24, 2.45) is 29.1 Å². The molecule has 3 N–H and O–H groups in total. The molecule has 222 valence electrons. The Balaban J connectivity index is 1.15. The van der Waals surface area contributed by atoms with E-state index >= 15 is 0 Å². The molecule has 0 radical (unpaired) electrons. The minimum absolute atomic E-state index is 0.0243. The van der Waals surface area contributed by atoms with Crippen molar-refractivity contribution >= 4 is 11.9 Å². The second kappa shape index (κ2) is 8.97. The number of hydrogen-bond acceptors (Lipinski definition) is 10. The Hall–Kier alpha value is -1.56. The first kappa shape index (κ1) is 27.3. The van der Waals surface area contributed by atoms with E-state index in [0.717, 1.165) is 37.7 Å². The normalized spacial score (nSPS) is 55.1. The fraction of sp³-hybridized carbons (Fsp3) is 0.867. The summed E-state index contributed by atoms with van der Waals surface area (Å²) in [5, 5.41) is 36.5. The lowest BCUT2D eigenvalue weighted by molar-refractivity contribution is -0.459. The van der Waals surface area contributed by atoms with E-state index in [1.54, 1.807) is 6.08 Å². The van der Waals surface area contributed by atoms with Gasteiger partial charge in [-0.1, -0.05) is 6.92 Å². The van der Waals surface area contributed by atoms with Crippen LogP contribution in [0.1, 0.15) is 78.6 Å².